The van der Waals surface area contributed by atoms with Gasteiger partial charge in [0.15, 0.2) is 0 Å². The fourth-order valence-corrected chi connectivity index (χ4v) is 2.55. The molecule has 0 N–H and O–H groups in total. The van der Waals surface area contributed by atoms with E-state index >= 15 is 0 Å². The van der Waals surface area contributed by atoms with Crippen molar-refractivity contribution >= 4 is 0 Å². The molecule has 1 aromatic carbocycles. The molecule has 2 aromatic heterocycles. The van der Waals surface area contributed by atoms with Crippen molar-refractivity contribution < 1.29 is 4.42 Å². The van der Waals surface area contributed by atoms with Gasteiger partial charge in [-0.3, -0.25) is 4.98 Å². The smallest absolute Gasteiger partial charge is 0.266 e. The standard InChI is InChI=1S/C21H25N3O/c1-20(2,3)15-11-14(12-16(13-15)21(4,5)6)18-23-24-19(25-18)17-9-7-8-10-22-17/h7-13H,1-6H3. The summed E-state index contributed by atoms with van der Waals surface area (Å²) in [5.41, 5.74) is 4.23. The maximum absolute atomic E-state index is 5.91. The second-order valence-electron chi connectivity index (χ2n) is 8.43. The van der Waals surface area contributed by atoms with Gasteiger partial charge in [0.05, 0.1) is 0 Å². The highest BCUT2D eigenvalue weighted by Gasteiger charge is 2.22. The third kappa shape index (κ3) is 3.78. The number of pyridine rings is 1. The number of rotatable bonds is 2. The van der Waals surface area contributed by atoms with Crippen LogP contribution in [0, 0.1) is 0 Å². The minimum atomic E-state index is 0.0415. The lowest BCUT2D eigenvalue weighted by Crippen LogP contribution is -2.16. The summed E-state index contributed by atoms with van der Waals surface area (Å²) in [4.78, 5) is 4.27. The molecule has 0 unspecified atom stereocenters. The summed E-state index contributed by atoms with van der Waals surface area (Å²) < 4.78 is 5.91. The quantitative estimate of drug-likeness (QED) is 0.629. The van der Waals surface area contributed by atoms with Crippen molar-refractivity contribution in [2.75, 3.05) is 0 Å². The van der Waals surface area contributed by atoms with Gasteiger partial charge in [-0.25, -0.2) is 0 Å². The van der Waals surface area contributed by atoms with E-state index in [1.54, 1.807) is 6.20 Å². The molecular formula is C21H25N3O. The van der Waals surface area contributed by atoms with Crippen molar-refractivity contribution in [3.63, 3.8) is 0 Å². The monoisotopic (exact) mass is 335 g/mol. The zero-order valence-corrected chi connectivity index (χ0v) is 15.8. The first-order valence-electron chi connectivity index (χ1n) is 8.56. The van der Waals surface area contributed by atoms with E-state index in [2.05, 4.69) is 74.9 Å². The third-order valence-corrected chi connectivity index (χ3v) is 4.22. The topological polar surface area (TPSA) is 51.8 Å². The van der Waals surface area contributed by atoms with Gasteiger partial charge < -0.3 is 4.42 Å². The highest BCUT2D eigenvalue weighted by Crippen LogP contribution is 2.34. The minimum absolute atomic E-state index is 0.0415. The average Bonchev–Trinajstić information content (AvgIpc) is 3.04. The summed E-state index contributed by atoms with van der Waals surface area (Å²) in [6, 6.07) is 12.2. The Morgan fingerprint density at radius 2 is 1.36 bits per heavy atom. The van der Waals surface area contributed by atoms with Gasteiger partial charge in [0.2, 0.25) is 5.89 Å². The molecule has 4 nitrogen and oxygen atoms in total. The molecule has 0 aliphatic heterocycles. The second kappa shape index (κ2) is 6.10. The van der Waals surface area contributed by atoms with E-state index in [0.717, 1.165) is 5.56 Å². The minimum Gasteiger partial charge on any atom is -0.415 e. The Labute approximate surface area is 149 Å². The average molecular weight is 335 g/mol. The number of hydrogen-bond donors (Lipinski definition) is 0. The molecule has 4 heteroatoms. The summed E-state index contributed by atoms with van der Waals surface area (Å²) in [5, 5.41) is 8.42. The van der Waals surface area contributed by atoms with Gasteiger partial charge in [-0.2, -0.15) is 0 Å². The second-order valence-corrected chi connectivity index (χ2v) is 8.43. The van der Waals surface area contributed by atoms with Crippen LogP contribution in [-0.2, 0) is 10.8 Å². The SMILES string of the molecule is CC(C)(C)c1cc(-c2nnc(-c3ccccn3)o2)cc(C(C)(C)C)c1. The van der Waals surface area contributed by atoms with E-state index in [1.165, 1.54) is 11.1 Å². The lowest BCUT2D eigenvalue weighted by Gasteiger charge is -2.25. The lowest BCUT2D eigenvalue weighted by atomic mass is 9.79. The maximum Gasteiger partial charge on any atom is 0.266 e. The summed E-state index contributed by atoms with van der Waals surface area (Å²) in [6.45, 7) is 13.3. The van der Waals surface area contributed by atoms with Crippen LogP contribution in [-0.4, -0.2) is 15.2 Å². The molecule has 0 saturated heterocycles. The van der Waals surface area contributed by atoms with Crippen LogP contribution in [0.25, 0.3) is 23.0 Å². The molecule has 130 valence electrons. The molecule has 0 aliphatic rings. The Balaban J connectivity index is 2.09. The Hall–Kier alpha value is -2.49. The van der Waals surface area contributed by atoms with Gasteiger partial charge in [0, 0.05) is 11.8 Å². The maximum atomic E-state index is 5.91. The van der Waals surface area contributed by atoms with Gasteiger partial charge >= 0.3 is 0 Å². The van der Waals surface area contributed by atoms with Crippen LogP contribution in [0.2, 0.25) is 0 Å². The predicted molar refractivity (Wildman–Crippen MR) is 100 cm³/mol. The van der Waals surface area contributed by atoms with Crippen LogP contribution in [0.1, 0.15) is 52.7 Å². The molecular weight excluding hydrogens is 310 g/mol. The van der Waals surface area contributed by atoms with Gasteiger partial charge in [-0.1, -0.05) is 53.7 Å². The van der Waals surface area contributed by atoms with Crippen LogP contribution < -0.4 is 0 Å². The molecule has 3 aromatic rings. The zero-order valence-electron chi connectivity index (χ0n) is 15.8. The third-order valence-electron chi connectivity index (χ3n) is 4.22. The molecule has 0 atom stereocenters. The van der Waals surface area contributed by atoms with Crippen molar-refractivity contribution in [2.24, 2.45) is 0 Å². The van der Waals surface area contributed by atoms with Gasteiger partial charge in [0.1, 0.15) is 5.69 Å². The Morgan fingerprint density at radius 1 is 0.760 bits per heavy atom. The van der Waals surface area contributed by atoms with Gasteiger partial charge in [-0.15, -0.1) is 10.2 Å². The van der Waals surface area contributed by atoms with Crippen molar-refractivity contribution in [3.8, 4) is 23.0 Å². The molecule has 25 heavy (non-hydrogen) atoms. The summed E-state index contributed by atoms with van der Waals surface area (Å²) in [5.74, 6) is 0.964. The Kier molecular flexibility index (Phi) is 4.23. The van der Waals surface area contributed by atoms with Crippen LogP contribution in [0.4, 0.5) is 0 Å². The van der Waals surface area contributed by atoms with Crippen LogP contribution in [0.5, 0.6) is 0 Å². The van der Waals surface area contributed by atoms with E-state index in [4.69, 9.17) is 4.42 Å². The summed E-state index contributed by atoms with van der Waals surface area (Å²) >= 11 is 0. The number of nitrogens with zero attached hydrogens (tertiary/aromatic N) is 3. The predicted octanol–water partition coefficient (Wildman–Crippen LogP) is 5.39. The lowest BCUT2D eigenvalue weighted by molar-refractivity contribution is 0.564. The summed E-state index contributed by atoms with van der Waals surface area (Å²) in [7, 11) is 0. The molecule has 0 fully saturated rings. The number of hydrogen-bond acceptors (Lipinski definition) is 4. The van der Waals surface area contributed by atoms with E-state index in [9.17, 15) is 0 Å². The fourth-order valence-electron chi connectivity index (χ4n) is 2.55. The van der Waals surface area contributed by atoms with E-state index in [1.807, 2.05) is 18.2 Å². The first-order chi connectivity index (χ1) is 11.6. The van der Waals surface area contributed by atoms with Crippen molar-refractivity contribution in [1.29, 1.82) is 0 Å². The first-order valence-corrected chi connectivity index (χ1v) is 8.56. The first kappa shape index (κ1) is 17.3. The largest absolute Gasteiger partial charge is 0.415 e. The normalized spacial score (nSPS) is 12.4. The van der Waals surface area contributed by atoms with Gasteiger partial charge in [-0.05, 0) is 46.2 Å². The molecule has 0 amide bonds. The molecule has 0 radical (unpaired) electrons. The summed E-state index contributed by atoms with van der Waals surface area (Å²) in [6.07, 6.45) is 1.72. The Bertz CT molecular complexity index is 836. The molecule has 2 heterocycles. The zero-order chi connectivity index (χ0) is 18.2. The highest BCUT2D eigenvalue weighted by atomic mass is 16.4. The number of aromatic nitrogens is 3. The van der Waals surface area contributed by atoms with Crippen molar-refractivity contribution in [1.82, 2.24) is 15.2 Å². The fraction of sp³-hybridized carbons (Fsp3) is 0.381. The molecule has 0 saturated carbocycles. The van der Waals surface area contributed by atoms with Crippen molar-refractivity contribution in [2.45, 2.75) is 52.4 Å². The van der Waals surface area contributed by atoms with Crippen LogP contribution in [0.3, 0.4) is 0 Å². The van der Waals surface area contributed by atoms with Crippen molar-refractivity contribution in [3.05, 3.63) is 53.7 Å². The molecule has 0 aliphatic carbocycles. The van der Waals surface area contributed by atoms with E-state index < -0.39 is 0 Å². The van der Waals surface area contributed by atoms with Crippen LogP contribution in [0.15, 0.2) is 47.0 Å². The van der Waals surface area contributed by atoms with Crippen LogP contribution >= 0.6 is 0 Å². The molecule has 0 spiro atoms. The Morgan fingerprint density at radius 3 is 1.88 bits per heavy atom. The highest BCUT2D eigenvalue weighted by molar-refractivity contribution is 5.59. The van der Waals surface area contributed by atoms with Gasteiger partial charge in [0.25, 0.3) is 5.89 Å². The molecule has 0 bridgehead atoms. The molecule has 3 rings (SSSR count). The number of benzene rings is 1. The van der Waals surface area contributed by atoms with E-state index in [-0.39, 0.29) is 10.8 Å². The van der Waals surface area contributed by atoms with E-state index in [0.29, 0.717) is 17.5 Å².